The maximum Gasteiger partial charge on any atom is 0.263 e. The Hall–Kier alpha value is -2.11. The first-order valence-electron chi connectivity index (χ1n) is 9.91. The van der Waals surface area contributed by atoms with E-state index in [1.807, 2.05) is 31.2 Å². The maximum absolute atomic E-state index is 13.3. The first-order chi connectivity index (χ1) is 13.5. The number of halogens is 1. The van der Waals surface area contributed by atoms with Crippen LogP contribution in [0.2, 0.25) is 5.02 Å². The third-order valence-electron chi connectivity index (χ3n) is 6.10. The van der Waals surface area contributed by atoms with Crippen LogP contribution in [0, 0.1) is 6.92 Å². The summed E-state index contributed by atoms with van der Waals surface area (Å²) in [6, 6.07) is 7.71. The Labute approximate surface area is 169 Å². The lowest BCUT2D eigenvalue weighted by Gasteiger charge is -2.31. The zero-order chi connectivity index (χ0) is 19.8. The Kier molecular flexibility index (Phi) is 5.30. The molecule has 0 bridgehead atoms. The van der Waals surface area contributed by atoms with Gasteiger partial charge >= 0.3 is 0 Å². The summed E-state index contributed by atoms with van der Waals surface area (Å²) in [6.07, 6.45) is 5.14. The van der Waals surface area contributed by atoms with Gasteiger partial charge in [-0.2, -0.15) is 0 Å². The van der Waals surface area contributed by atoms with E-state index in [0.29, 0.717) is 36.5 Å². The zero-order valence-electron chi connectivity index (χ0n) is 16.0. The van der Waals surface area contributed by atoms with Crippen LogP contribution in [0.1, 0.15) is 58.8 Å². The second kappa shape index (κ2) is 7.72. The molecule has 1 aromatic heterocycles. The molecule has 6 heteroatoms. The molecule has 0 radical (unpaired) electrons. The quantitative estimate of drug-likeness (QED) is 0.839. The Morgan fingerprint density at radius 1 is 1.18 bits per heavy atom. The summed E-state index contributed by atoms with van der Waals surface area (Å²) < 4.78 is 1.69. The summed E-state index contributed by atoms with van der Waals surface area (Å²) >= 11 is 6.34. The molecule has 1 aliphatic carbocycles. The standard InChI is InChI=1S/C22H25ClN2O3/c1-14-9-12-25(16-5-7-17(26)8-6-16)22(28)20(14)21(27)24-11-10-15-3-2-4-19(23)18(15)13-24/h2-4,9,12,16-17,26H,5-8,10-11,13H2,1H3. The van der Waals surface area contributed by atoms with Gasteiger partial charge in [-0.15, -0.1) is 0 Å². The molecule has 1 fully saturated rings. The SMILES string of the molecule is Cc1ccn(C2CCC(O)CC2)c(=O)c1C(=O)N1CCc2cccc(Cl)c2C1. The summed E-state index contributed by atoms with van der Waals surface area (Å²) in [6.45, 7) is 2.82. The molecule has 0 atom stereocenters. The van der Waals surface area contributed by atoms with Crippen molar-refractivity contribution in [2.45, 2.75) is 57.7 Å². The minimum atomic E-state index is -0.281. The summed E-state index contributed by atoms with van der Waals surface area (Å²) in [4.78, 5) is 28.2. The van der Waals surface area contributed by atoms with Crippen molar-refractivity contribution in [1.29, 1.82) is 0 Å². The Bertz CT molecular complexity index is 961. The van der Waals surface area contributed by atoms with E-state index in [1.54, 1.807) is 15.7 Å². The number of carbonyl (C=O) groups is 1. The number of hydrogen-bond acceptors (Lipinski definition) is 3. The molecule has 2 aliphatic rings. The fraction of sp³-hybridized carbons (Fsp3) is 0.455. The van der Waals surface area contributed by atoms with Gasteiger partial charge in [-0.25, -0.2) is 0 Å². The largest absolute Gasteiger partial charge is 0.393 e. The van der Waals surface area contributed by atoms with E-state index in [9.17, 15) is 14.7 Å². The number of pyridine rings is 1. The third-order valence-corrected chi connectivity index (χ3v) is 6.46. The van der Waals surface area contributed by atoms with Crippen molar-refractivity contribution in [1.82, 2.24) is 9.47 Å². The van der Waals surface area contributed by atoms with Gasteiger partial charge < -0.3 is 14.6 Å². The number of benzene rings is 1. The number of aryl methyl sites for hydroxylation is 1. The monoisotopic (exact) mass is 400 g/mol. The number of aliphatic hydroxyl groups is 1. The molecule has 1 aromatic carbocycles. The van der Waals surface area contributed by atoms with Crippen LogP contribution in [0.25, 0.3) is 0 Å². The van der Waals surface area contributed by atoms with Crippen LogP contribution in [0.5, 0.6) is 0 Å². The number of hydrogen-bond donors (Lipinski definition) is 1. The van der Waals surface area contributed by atoms with Gasteiger partial charge in [0, 0.05) is 30.4 Å². The molecule has 4 rings (SSSR count). The minimum absolute atomic E-state index is 0.0413. The topological polar surface area (TPSA) is 62.5 Å². The van der Waals surface area contributed by atoms with E-state index in [0.717, 1.165) is 24.8 Å². The average Bonchev–Trinajstić information content (AvgIpc) is 2.69. The van der Waals surface area contributed by atoms with Gasteiger partial charge in [0.1, 0.15) is 5.56 Å². The van der Waals surface area contributed by atoms with Gasteiger partial charge in [-0.1, -0.05) is 23.7 Å². The first-order valence-corrected chi connectivity index (χ1v) is 10.3. The molecule has 0 unspecified atom stereocenters. The van der Waals surface area contributed by atoms with Crippen LogP contribution >= 0.6 is 11.6 Å². The van der Waals surface area contributed by atoms with Gasteiger partial charge in [0.25, 0.3) is 11.5 Å². The van der Waals surface area contributed by atoms with E-state index < -0.39 is 0 Å². The van der Waals surface area contributed by atoms with E-state index in [-0.39, 0.29) is 29.2 Å². The Balaban J connectivity index is 1.64. The van der Waals surface area contributed by atoms with Crippen molar-refractivity contribution in [3.63, 3.8) is 0 Å². The molecule has 148 valence electrons. The average molecular weight is 401 g/mol. The Morgan fingerprint density at radius 2 is 1.93 bits per heavy atom. The van der Waals surface area contributed by atoms with Gasteiger partial charge in [-0.3, -0.25) is 9.59 Å². The summed E-state index contributed by atoms with van der Waals surface area (Å²) in [5.74, 6) is -0.224. The first kappa shape index (κ1) is 19.2. The van der Waals surface area contributed by atoms with Crippen LogP contribution in [0.4, 0.5) is 0 Å². The van der Waals surface area contributed by atoms with Crippen molar-refractivity contribution in [3.8, 4) is 0 Å². The maximum atomic E-state index is 13.3. The highest BCUT2D eigenvalue weighted by Gasteiger charge is 2.28. The van der Waals surface area contributed by atoms with Crippen LogP contribution in [0.3, 0.4) is 0 Å². The number of rotatable bonds is 2. The molecule has 1 amide bonds. The molecule has 2 aromatic rings. The minimum Gasteiger partial charge on any atom is -0.393 e. The summed E-state index contributed by atoms with van der Waals surface area (Å²) in [5, 5.41) is 10.4. The van der Waals surface area contributed by atoms with Gasteiger partial charge in [0.15, 0.2) is 0 Å². The van der Waals surface area contributed by atoms with Crippen LogP contribution < -0.4 is 5.56 Å². The lowest BCUT2D eigenvalue weighted by Crippen LogP contribution is -2.41. The second-order valence-electron chi connectivity index (χ2n) is 7.90. The number of amides is 1. The van der Waals surface area contributed by atoms with Gasteiger partial charge in [-0.05, 0) is 67.9 Å². The van der Waals surface area contributed by atoms with Crippen molar-refractivity contribution < 1.29 is 9.90 Å². The summed E-state index contributed by atoms with van der Waals surface area (Å²) in [7, 11) is 0. The fourth-order valence-electron chi connectivity index (χ4n) is 4.40. The zero-order valence-corrected chi connectivity index (χ0v) is 16.8. The smallest absolute Gasteiger partial charge is 0.263 e. The normalized spacial score (nSPS) is 22.0. The highest BCUT2D eigenvalue weighted by Crippen LogP contribution is 2.29. The molecule has 1 aliphatic heterocycles. The van der Waals surface area contributed by atoms with Crippen molar-refractivity contribution in [2.75, 3.05) is 6.54 Å². The molecule has 5 nitrogen and oxygen atoms in total. The highest BCUT2D eigenvalue weighted by molar-refractivity contribution is 6.31. The van der Waals surface area contributed by atoms with E-state index in [2.05, 4.69) is 0 Å². The van der Waals surface area contributed by atoms with Gasteiger partial charge in [0.05, 0.1) is 6.10 Å². The van der Waals surface area contributed by atoms with E-state index in [1.165, 1.54) is 5.56 Å². The molecule has 1 N–H and O–H groups in total. The Morgan fingerprint density at radius 3 is 2.68 bits per heavy atom. The lowest BCUT2D eigenvalue weighted by atomic mass is 9.92. The van der Waals surface area contributed by atoms with Crippen LogP contribution in [-0.2, 0) is 13.0 Å². The van der Waals surface area contributed by atoms with Gasteiger partial charge in [0.2, 0.25) is 0 Å². The highest BCUT2D eigenvalue weighted by atomic mass is 35.5. The molecule has 2 heterocycles. The molecule has 28 heavy (non-hydrogen) atoms. The predicted octanol–water partition coefficient (Wildman–Crippen LogP) is 3.48. The molecule has 0 spiro atoms. The van der Waals surface area contributed by atoms with E-state index >= 15 is 0 Å². The fourth-order valence-corrected chi connectivity index (χ4v) is 4.65. The van der Waals surface area contributed by atoms with Crippen molar-refractivity contribution in [3.05, 3.63) is 68.1 Å². The molecular formula is C22H25ClN2O3. The lowest BCUT2D eigenvalue weighted by molar-refractivity contribution is 0.0729. The van der Waals surface area contributed by atoms with Crippen molar-refractivity contribution >= 4 is 17.5 Å². The predicted molar refractivity (Wildman–Crippen MR) is 109 cm³/mol. The molecule has 1 saturated carbocycles. The number of nitrogens with zero attached hydrogens (tertiary/aromatic N) is 2. The summed E-state index contributed by atoms with van der Waals surface area (Å²) in [5.41, 5.74) is 2.87. The van der Waals surface area contributed by atoms with E-state index in [4.69, 9.17) is 11.6 Å². The second-order valence-corrected chi connectivity index (χ2v) is 8.31. The molecular weight excluding hydrogens is 376 g/mol. The van der Waals surface area contributed by atoms with Crippen LogP contribution in [0.15, 0.2) is 35.3 Å². The van der Waals surface area contributed by atoms with Crippen LogP contribution in [-0.4, -0.2) is 33.1 Å². The van der Waals surface area contributed by atoms with Crippen molar-refractivity contribution in [2.24, 2.45) is 0 Å². The number of aromatic nitrogens is 1. The number of carbonyl (C=O) groups excluding carboxylic acids is 1. The molecule has 0 saturated heterocycles. The number of aliphatic hydroxyl groups excluding tert-OH is 1. The third kappa shape index (κ3) is 3.49. The number of fused-ring (bicyclic) bond motifs is 1.